The van der Waals surface area contributed by atoms with Gasteiger partial charge in [-0.25, -0.2) is 0 Å². The van der Waals surface area contributed by atoms with Gasteiger partial charge in [0.25, 0.3) is 0 Å². The summed E-state index contributed by atoms with van der Waals surface area (Å²) < 4.78 is 0. The van der Waals surface area contributed by atoms with Gasteiger partial charge in [0, 0.05) is 57.4 Å². The lowest BCUT2D eigenvalue weighted by atomic mass is 9.61. The minimum absolute atomic E-state index is 0.00157. The number of pyridine rings is 2. The number of hydrogen-bond donors (Lipinski definition) is 0. The summed E-state index contributed by atoms with van der Waals surface area (Å²) in [6.07, 6.45) is 13.6. The van der Waals surface area contributed by atoms with Crippen LogP contribution in [-0.2, 0) is 16.2 Å². The Morgan fingerprint density at radius 2 is 0.844 bits per heavy atom. The fourth-order valence-electron chi connectivity index (χ4n) is 16.5. The first-order chi connectivity index (χ1) is 37.5. The van der Waals surface area contributed by atoms with Crippen LogP contribution in [0.25, 0.3) is 54.9 Å². The molecule has 4 heterocycles. The van der Waals surface area contributed by atoms with Crippen LogP contribution in [0.2, 0.25) is 0 Å². The van der Waals surface area contributed by atoms with Crippen molar-refractivity contribution in [1.29, 1.82) is 0 Å². The number of aryl methyl sites for hydroxylation is 2. The maximum atomic E-state index is 4.62. The number of rotatable bonds is 6. The fourth-order valence-corrected chi connectivity index (χ4v) is 16.5. The van der Waals surface area contributed by atoms with E-state index in [0.717, 1.165) is 24.2 Å². The van der Waals surface area contributed by atoms with Crippen LogP contribution >= 0.6 is 0 Å². The van der Waals surface area contributed by atoms with Crippen molar-refractivity contribution in [3.8, 4) is 33.4 Å². The molecule has 0 amide bonds. The van der Waals surface area contributed by atoms with Crippen LogP contribution in [0.4, 0.5) is 22.7 Å². The highest BCUT2D eigenvalue weighted by atomic mass is 15.3. The second-order valence-corrected chi connectivity index (χ2v) is 24.4. The van der Waals surface area contributed by atoms with Crippen LogP contribution < -0.4 is 9.80 Å². The zero-order valence-corrected chi connectivity index (χ0v) is 45.4. The molecule has 2 saturated carbocycles. The predicted octanol–water partition coefficient (Wildman–Crippen LogP) is 18.6. The molecule has 0 bridgehead atoms. The van der Waals surface area contributed by atoms with Crippen LogP contribution in [0.5, 0.6) is 0 Å². The molecule has 0 spiro atoms. The van der Waals surface area contributed by atoms with Crippen LogP contribution in [0.15, 0.2) is 194 Å². The van der Waals surface area contributed by atoms with Crippen molar-refractivity contribution in [2.45, 2.75) is 120 Å². The van der Waals surface area contributed by atoms with Gasteiger partial charge in [-0.15, -0.1) is 0 Å². The molecule has 4 unspecified atom stereocenters. The molecule has 0 radical (unpaired) electrons. The average molecular weight is 999 g/mol. The third-order valence-corrected chi connectivity index (χ3v) is 20.7. The van der Waals surface area contributed by atoms with E-state index < -0.39 is 5.41 Å². The Kier molecular flexibility index (Phi) is 10.0. The van der Waals surface area contributed by atoms with Gasteiger partial charge in [-0.05, 0) is 202 Å². The minimum atomic E-state index is -0.615. The Labute approximate surface area is 454 Å². The first-order valence-electron chi connectivity index (χ1n) is 28.5. The topological polar surface area (TPSA) is 32.3 Å². The van der Waals surface area contributed by atoms with E-state index in [9.17, 15) is 0 Å². The Bertz CT molecular complexity index is 4030. The summed E-state index contributed by atoms with van der Waals surface area (Å²) in [5.74, 6) is 0. The third-order valence-electron chi connectivity index (χ3n) is 20.7. The van der Waals surface area contributed by atoms with Crippen LogP contribution in [0, 0.1) is 13.8 Å². The normalized spacial score (nSPS) is 23.6. The number of fused-ring (bicyclic) bond motifs is 14. The summed E-state index contributed by atoms with van der Waals surface area (Å²) in [7, 11) is 0. The first-order valence-corrected chi connectivity index (χ1v) is 28.5. The van der Waals surface area contributed by atoms with Crippen molar-refractivity contribution in [2.75, 3.05) is 9.80 Å². The lowest BCUT2D eigenvalue weighted by Gasteiger charge is -2.50. The number of nitrogens with zero attached hydrogens (tertiary/aromatic N) is 4. The standard InChI is InChI=1S/C73H66N4/c1-47-41-55(33-39-74-47)76-65-31-27-51(45-63(65)69(3)35-15-17-37-71(69,76)5)49-25-29-59-61(43-49)57-23-13-14-24-58(57)67-60-30-26-50(44-62(60)73(68(59)67,53-19-9-7-10-20-53)54-21-11-8-12-22-54)52-28-32-66-64(46-52)70(4)36-16-18-38-72(70,6)77(66)56-34-40-75-48(2)42-56/h7-14,19-34,39-46H,15-18,35-38H2,1-6H3. The highest BCUT2D eigenvalue weighted by molar-refractivity contribution is 6.20. The Morgan fingerprint density at radius 1 is 0.390 bits per heavy atom. The largest absolute Gasteiger partial charge is 0.334 e. The third kappa shape index (κ3) is 6.22. The maximum Gasteiger partial charge on any atom is 0.0720 e. The van der Waals surface area contributed by atoms with E-state index in [1.54, 1.807) is 0 Å². The molecular weight excluding hydrogens is 933 g/mol. The number of aromatic nitrogens is 2. The first kappa shape index (κ1) is 46.5. The summed E-state index contributed by atoms with van der Waals surface area (Å²) >= 11 is 0. The molecule has 0 N–H and O–H groups in total. The molecule has 10 aromatic rings. The van der Waals surface area contributed by atoms with E-state index in [1.807, 2.05) is 12.4 Å². The zero-order chi connectivity index (χ0) is 52.1. The van der Waals surface area contributed by atoms with Crippen molar-refractivity contribution in [1.82, 2.24) is 9.97 Å². The van der Waals surface area contributed by atoms with Crippen LogP contribution in [0.3, 0.4) is 0 Å². The van der Waals surface area contributed by atoms with E-state index in [1.165, 1.54) is 150 Å². The molecule has 4 atom stereocenters. The fraction of sp³-hybridized carbons (Fsp3) is 0.260. The predicted molar refractivity (Wildman–Crippen MR) is 320 cm³/mol. The summed E-state index contributed by atoms with van der Waals surface area (Å²) in [5.41, 5.74) is 22.5. The van der Waals surface area contributed by atoms with E-state index in [-0.39, 0.29) is 21.9 Å². The zero-order valence-electron chi connectivity index (χ0n) is 45.4. The number of anilines is 4. The summed E-state index contributed by atoms with van der Waals surface area (Å²) in [5, 5.41) is 5.18. The Morgan fingerprint density at radius 3 is 1.38 bits per heavy atom. The van der Waals surface area contributed by atoms with E-state index >= 15 is 0 Å². The van der Waals surface area contributed by atoms with Crippen molar-refractivity contribution >= 4 is 44.3 Å². The van der Waals surface area contributed by atoms with Crippen LogP contribution in [-0.4, -0.2) is 21.0 Å². The summed E-state index contributed by atoms with van der Waals surface area (Å²) in [6.45, 7) is 14.4. The molecular formula is C73H66N4. The molecule has 15 rings (SSSR count). The van der Waals surface area contributed by atoms with E-state index in [2.05, 4.69) is 243 Å². The van der Waals surface area contributed by atoms with Gasteiger partial charge in [0.05, 0.1) is 16.5 Å². The lowest BCUT2D eigenvalue weighted by Crippen LogP contribution is -2.54. The molecule has 77 heavy (non-hydrogen) atoms. The van der Waals surface area contributed by atoms with Gasteiger partial charge >= 0.3 is 0 Å². The van der Waals surface area contributed by atoms with Gasteiger partial charge in [0.2, 0.25) is 0 Å². The van der Waals surface area contributed by atoms with Crippen LogP contribution in [0.1, 0.15) is 124 Å². The van der Waals surface area contributed by atoms with Gasteiger partial charge in [-0.3, -0.25) is 9.97 Å². The number of hydrogen-bond acceptors (Lipinski definition) is 4. The monoisotopic (exact) mass is 999 g/mol. The summed E-state index contributed by atoms with van der Waals surface area (Å²) in [4.78, 5) is 14.6. The Hall–Kier alpha value is -7.82. The quantitative estimate of drug-likeness (QED) is 0.155. The average Bonchev–Trinajstić information content (AvgIpc) is 4.07. The SMILES string of the molecule is Cc1cc(N2c3ccc(-c4ccc5c(c4)C(c4ccccc4)(c4ccccc4)c4c-5c5ccccc5c5cc(-c6ccc7c(c6)C6(C)CCCCC6(C)N7c6ccnc(C)c6)ccc45)cc3C3(C)CCCCC23C)ccn1. The molecule has 5 aliphatic rings. The second-order valence-electron chi connectivity index (χ2n) is 24.4. The molecule has 8 aromatic carbocycles. The van der Waals surface area contributed by atoms with Gasteiger partial charge < -0.3 is 9.80 Å². The molecule has 2 aromatic heterocycles. The van der Waals surface area contributed by atoms with Crippen molar-refractivity contribution in [3.63, 3.8) is 0 Å². The second kappa shape index (κ2) is 16.6. The molecule has 4 nitrogen and oxygen atoms in total. The van der Waals surface area contributed by atoms with E-state index in [4.69, 9.17) is 0 Å². The molecule has 0 saturated heterocycles. The maximum absolute atomic E-state index is 4.62. The molecule has 4 heteroatoms. The van der Waals surface area contributed by atoms with Gasteiger partial charge in [-0.2, -0.15) is 0 Å². The molecule has 2 aliphatic heterocycles. The van der Waals surface area contributed by atoms with Crippen molar-refractivity contribution in [3.05, 3.63) is 239 Å². The van der Waals surface area contributed by atoms with Gasteiger partial charge in [-0.1, -0.05) is 161 Å². The van der Waals surface area contributed by atoms with Crippen molar-refractivity contribution < 1.29 is 0 Å². The molecule has 378 valence electrons. The smallest absolute Gasteiger partial charge is 0.0720 e. The van der Waals surface area contributed by atoms with E-state index in [0.29, 0.717) is 0 Å². The van der Waals surface area contributed by atoms with Gasteiger partial charge in [0.1, 0.15) is 0 Å². The lowest BCUT2D eigenvalue weighted by molar-refractivity contribution is 0.195. The number of benzene rings is 8. The minimum Gasteiger partial charge on any atom is -0.334 e. The highest BCUT2D eigenvalue weighted by Crippen LogP contribution is 2.65. The van der Waals surface area contributed by atoms with Crippen molar-refractivity contribution in [2.24, 2.45) is 0 Å². The van der Waals surface area contributed by atoms with Gasteiger partial charge in [0.15, 0.2) is 0 Å². The molecule has 3 aliphatic carbocycles. The highest BCUT2D eigenvalue weighted by Gasteiger charge is 2.59. The summed E-state index contributed by atoms with van der Waals surface area (Å²) in [6, 6.07) is 70.7. The molecule has 2 fully saturated rings. The Balaban J connectivity index is 0.941.